The van der Waals surface area contributed by atoms with Gasteiger partial charge in [0.15, 0.2) is 11.5 Å². The minimum absolute atomic E-state index is 0.0719. The van der Waals surface area contributed by atoms with E-state index in [4.69, 9.17) is 9.47 Å². The number of benzene rings is 1. The molecule has 1 heterocycles. The third-order valence-corrected chi connectivity index (χ3v) is 4.23. The molecule has 6 nitrogen and oxygen atoms in total. The zero-order chi connectivity index (χ0) is 18.1. The van der Waals surface area contributed by atoms with Crippen molar-refractivity contribution in [2.24, 2.45) is 0 Å². The van der Waals surface area contributed by atoms with Crippen molar-refractivity contribution in [1.82, 2.24) is 10.2 Å². The van der Waals surface area contributed by atoms with Crippen LogP contribution in [0, 0.1) is 6.92 Å². The van der Waals surface area contributed by atoms with Crippen LogP contribution >= 0.6 is 11.3 Å². The standard InChI is InChI=1S/C18H25N3O3S/c1-4-6-11-24-15-9-7-14(12-16(15)23-5-2)8-10-17(22)19-18-21-20-13(3)25-18/h7,9,12H,4-6,8,10-11H2,1-3H3,(H,19,21,22). The van der Waals surface area contributed by atoms with Crippen molar-refractivity contribution in [3.8, 4) is 11.5 Å². The lowest BCUT2D eigenvalue weighted by Gasteiger charge is -2.13. The molecule has 0 saturated heterocycles. The highest BCUT2D eigenvalue weighted by molar-refractivity contribution is 7.15. The highest BCUT2D eigenvalue weighted by Gasteiger charge is 2.10. The molecule has 0 saturated carbocycles. The smallest absolute Gasteiger partial charge is 0.226 e. The van der Waals surface area contributed by atoms with Gasteiger partial charge in [-0.3, -0.25) is 4.79 Å². The summed E-state index contributed by atoms with van der Waals surface area (Å²) in [5, 5.41) is 11.9. The maximum atomic E-state index is 12.0. The Morgan fingerprint density at radius 2 is 2.04 bits per heavy atom. The van der Waals surface area contributed by atoms with Crippen molar-refractivity contribution >= 4 is 22.4 Å². The first-order chi connectivity index (χ1) is 12.1. The first kappa shape index (κ1) is 19.2. The maximum absolute atomic E-state index is 12.0. The Labute approximate surface area is 152 Å². The molecule has 0 aliphatic carbocycles. The number of rotatable bonds is 10. The Hall–Kier alpha value is -2.15. The predicted octanol–water partition coefficient (Wildman–Crippen LogP) is 4.00. The van der Waals surface area contributed by atoms with Crippen molar-refractivity contribution in [3.63, 3.8) is 0 Å². The van der Waals surface area contributed by atoms with E-state index in [1.165, 1.54) is 11.3 Å². The summed E-state index contributed by atoms with van der Waals surface area (Å²) >= 11 is 1.37. The molecule has 0 atom stereocenters. The molecule has 1 amide bonds. The van der Waals surface area contributed by atoms with E-state index in [-0.39, 0.29) is 5.91 Å². The van der Waals surface area contributed by atoms with Gasteiger partial charge in [0.1, 0.15) is 5.01 Å². The third kappa shape index (κ3) is 6.34. The number of aromatic nitrogens is 2. The van der Waals surface area contributed by atoms with Crippen molar-refractivity contribution in [1.29, 1.82) is 0 Å². The molecule has 0 radical (unpaired) electrons. The molecule has 1 N–H and O–H groups in total. The van der Waals surface area contributed by atoms with Crippen LogP contribution in [0.5, 0.6) is 11.5 Å². The number of carbonyl (C=O) groups excluding carboxylic acids is 1. The van der Waals surface area contributed by atoms with Crippen molar-refractivity contribution < 1.29 is 14.3 Å². The molecular weight excluding hydrogens is 338 g/mol. The van der Waals surface area contributed by atoms with Crippen LogP contribution in [0.3, 0.4) is 0 Å². The molecule has 0 bridgehead atoms. The van der Waals surface area contributed by atoms with E-state index >= 15 is 0 Å². The average molecular weight is 363 g/mol. The lowest BCUT2D eigenvalue weighted by molar-refractivity contribution is -0.116. The van der Waals surface area contributed by atoms with E-state index in [1.807, 2.05) is 32.0 Å². The van der Waals surface area contributed by atoms with E-state index in [1.54, 1.807) is 0 Å². The molecule has 7 heteroatoms. The summed E-state index contributed by atoms with van der Waals surface area (Å²) in [6, 6.07) is 5.85. The summed E-state index contributed by atoms with van der Waals surface area (Å²) in [6.45, 7) is 7.18. The summed E-state index contributed by atoms with van der Waals surface area (Å²) < 4.78 is 11.4. The lowest BCUT2D eigenvalue weighted by atomic mass is 10.1. The summed E-state index contributed by atoms with van der Waals surface area (Å²) in [5.74, 6) is 1.42. The molecule has 2 rings (SSSR count). The Balaban J connectivity index is 1.92. The van der Waals surface area contributed by atoms with Crippen LogP contribution in [0.2, 0.25) is 0 Å². The number of hydrogen-bond donors (Lipinski definition) is 1. The molecular formula is C18H25N3O3S. The zero-order valence-corrected chi connectivity index (χ0v) is 15.8. The van der Waals surface area contributed by atoms with Gasteiger partial charge in [-0.25, -0.2) is 0 Å². The molecule has 0 fully saturated rings. The third-order valence-electron chi connectivity index (χ3n) is 3.48. The molecule has 0 aliphatic rings. The largest absolute Gasteiger partial charge is 0.490 e. The number of nitrogens with zero attached hydrogens (tertiary/aromatic N) is 2. The molecule has 0 unspecified atom stereocenters. The summed E-state index contributed by atoms with van der Waals surface area (Å²) in [7, 11) is 0. The van der Waals surface area contributed by atoms with Gasteiger partial charge in [-0.15, -0.1) is 10.2 Å². The fraction of sp³-hybridized carbons (Fsp3) is 0.500. The van der Waals surface area contributed by atoms with E-state index in [0.29, 0.717) is 31.2 Å². The van der Waals surface area contributed by atoms with Gasteiger partial charge in [-0.05, 0) is 44.4 Å². The fourth-order valence-electron chi connectivity index (χ4n) is 2.21. The summed E-state index contributed by atoms with van der Waals surface area (Å²) in [6.07, 6.45) is 3.10. The van der Waals surface area contributed by atoms with Gasteiger partial charge >= 0.3 is 0 Å². The topological polar surface area (TPSA) is 73.3 Å². The van der Waals surface area contributed by atoms with E-state index in [0.717, 1.165) is 34.9 Å². The van der Waals surface area contributed by atoms with E-state index in [9.17, 15) is 4.79 Å². The first-order valence-corrected chi connectivity index (χ1v) is 9.42. The second kappa shape index (κ2) is 9.98. The van der Waals surface area contributed by atoms with Gasteiger partial charge in [-0.2, -0.15) is 0 Å². The number of unbranched alkanes of at least 4 members (excludes halogenated alkanes) is 1. The van der Waals surface area contributed by atoms with Crippen LogP contribution in [0.15, 0.2) is 18.2 Å². The van der Waals surface area contributed by atoms with Crippen molar-refractivity contribution in [3.05, 3.63) is 28.8 Å². The Morgan fingerprint density at radius 3 is 2.72 bits per heavy atom. The minimum Gasteiger partial charge on any atom is -0.490 e. The van der Waals surface area contributed by atoms with E-state index < -0.39 is 0 Å². The number of amides is 1. The number of ether oxygens (including phenoxy) is 2. The zero-order valence-electron chi connectivity index (χ0n) is 15.0. The van der Waals surface area contributed by atoms with Crippen LogP contribution < -0.4 is 14.8 Å². The monoisotopic (exact) mass is 363 g/mol. The first-order valence-electron chi connectivity index (χ1n) is 8.60. The Morgan fingerprint density at radius 1 is 1.20 bits per heavy atom. The second-order valence-corrected chi connectivity index (χ2v) is 6.77. The van der Waals surface area contributed by atoms with Crippen LogP contribution in [0.4, 0.5) is 5.13 Å². The maximum Gasteiger partial charge on any atom is 0.226 e. The number of hydrogen-bond acceptors (Lipinski definition) is 6. The van der Waals surface area contributed by atoms with Gasteiger partial charge in [0.05, 0.1) is 13.2 Å². The van der Waals surface area contributed by atoms with Gasteiger partial charge < -0.3 is 14.8 Å². The SMILES string of the molecule is CCCCOc1ccc(CCC(=O)Nc2nnc(C)s2)cc1OCC. The van der Waals surface area contributed by atoms with E-state index in [2.05, 4.69) is 22.4 Å². The Bertz CT molecular complexity index is 688. The number of anilines is 1. The number of aryl methyl sites for hydroxylation is 2. The fourth-order valence-corrected chi connectivity index (χ4v) is 2.82. The minimum atomic E-state index is -0.0719. The lowest BCUT2D eigenvalue weighted by Crippen LogP contribution is -2.12. The second-order valence-electron chi connectivity index (χ2n) is 5.59. The Kier molecular flexibility index (Phi) is 7.66. The van der Waals surface area contributed by atoms with Crippen LogP contribution in [0.25, 0.3) is 0 Å². The van der Waals surface area contributed by atoms with Gasteiger partial charge in [0.25, 0.3) is 0 Å². The molecule has 1 aromatic heterocycles. The van der Waals surface area contributed by atoms with Crippen LogP contribution in [-0.2, 0) is 11.2 Å². The summed E-state index contributed by atoms with van der Waals surface area (Å²) in [5.41, 5.74) is 1.04. The highest BCUT2D eigenvalue weighted by atomic mass is 32.1. The average Bonchev–Trinajstić information content (AvgIpc) is 3.00. The molecule has 1 aromatic carbocycles. The molecule has 2 aromatic rings. The normalized spacial score (nSPS) is 10.5. The van der Waals surface area contributed by atoms with Crippen molar-refractivity contribution in [2.45, 2.75) is 46.5 Å². The highest BCUT2D eigenvalue weighted by Crippen LogP contribution is 2.29. The van der Waals surface area contributed by atoms with Crippen LogP contribution in [-0.4, -0.2) is 29.3 Å². The molecule has 0 spiro atoms. The molecule has 136 valence electrons. The van der Waals surface area contributed by atoms with Gasteiger partial charge in [0, 0.05) is 6.42 Å². The quantitative estimate of drug-likeness (QED) is 0.646. The number of nitrogens with one attached hydrogen (secondary N) is 1. The number of carbonyl (C=O) groups is 1. The van der Waals surface area contributed by atoms with Gasteiger partial charge in [0.2, 0.25) is 11.0 Å². The molecule has 25 heavy (non-hydrogen) atoms. The predicted molar refractivity (Wildman–Crippen MR) is 99.6 cm³/mol. The molecule has 0 aliphatic heterocycles. The van der Waals surface area contributed by atoms with Gasteiger partial charge in [-0.1, -0.05) is 30.7 Å². The van der Waals surface area contributed by atoms with Crippen molar-refractivity contribution in [2.75, 3.05) is 18.5 Å². The summed E-state index contributed by atoms with van der Waals surface area (Å²) in [4.78, 5) is 12.0. The van der Waals surface area contributed by atoms with Crippen LogP contribution in [0.1, 0.15) is 43.7 Å².